The van der Waals surface area contributed by atoms with Gasteiger partial charge in [0.2, 0.25) is 11.8 Å². The number of hydrogen-bond donors (Lipinski definition) is 3. The van der Waals surface area contributed by atoms with E-state index in [1.807, 2.05) is 0 Å². The van der Waals surface area contributed by atoms with E-state index in [1.54, 1.807) is 61.8 Å². The average Bonchev–Trinajstić information content (AvgIpc) is 2.97. The van der Waals surface area contributed by atoms with Crippen molar-refractivity contribution in [3.63, 3.8) is 0 Å². The summed E-state index contributed by atoms with van der Waals surface area (Å²) in [6.45, 7) is 0. The second kappa shape index (κ2) is 11.7. The highest BCUT2D eigenvalue weighted by atomic mass is 32.1. The van der Waals surface area contributed by atoms with Crippen LogP contribution in [0, 0.1) is 0 Å². The lowest BCUT2D eigenvalue weighted by Crippen LogP contribution is -2.20. The number of fused-ring (bicyclic) bond motifs is 1. The molecule has 2 aromatic heterocycles. The molecule has 0 spiro atoms. The van der Waals surface area contributed by atoms with Crippen LogP contribution in [0.1, 0.15) is 11.1 Å². The van der Waals surface area contributed by atoms with Gasteiger partial charge in [-0.1, -0.05) is 24.3 Å². The van der Waals surface area contributed by atoms with Crippen LogP contribution in [0.5, 0.6) is 11.6 Å². The summed E-state index contributed by atoms with van der Waals surface area (Å²) in [4.78, 5) is 16.9. The third kappa shape index (κ3) is 6.72. The number of pyridine rings is 1. The van der Waals surface area contributed by atoms with E-state index in [2.05, 4.69) is 35.9 Å². The zero-order valence-electron chi connectivity index (χ0n) is 21.9. The van der Waals surface area contributed by atoms with Crippen molar-refractivity contribution in [1.29, 1.82) is 0 Å². The molecule has 0 aliphatic heterocycles. The van der Waals surface area contributed by atoms with Gasteiger partial charge in [0.15, 0.2) is 10.9 Å². The predicted octanol–water partition coefficient (Wildman–Crippen LogP) is 7.77. The number of hydrogen-bond acceptors (Lipinski definition) is 7. The van der Waals surface area contributed by atoms with Crippen LogP contribution in [0.2, 0.25) is 0 Å². The average molecular weight is 616 g/mol. The number of rotatable bonds is 6. The summed E-state index contributed by atoms with van der Waals surface area (Å²) < 4.78 is 85.8. The fraction of sp³-hybridized carbons (Fsp3) is 0.107. The van der Waals surface area contributed by atoms with E-state index >= 15 is 0 Å². The molecule has 3 aromatic carbocycles. The Morgan fingerprint density at radius 2 is 1.49 bits per heavy atom. The van der Waals surface area contributed by atoms with E-state index in [1.165, 1.54) is 6.33 Å². The van der Waals surface area contributed by atoms with E-state index in [-0.39, 0.29) is 17.1 Å². The number of thiocarbonyl (C=S) groups is 1. The van der Waals surface area contributed by atoms with E-state index < -0.39 is 29.2 Å². The fourth-order valence-electron chi connectivity index (χ4n) is 4.07. The molecule has 0 fully saturated rings. The molecule has 0 amide bonds. The van der Waals surface area contributed by atoms with E-state index in [4.69, 9.17) is 17.0 Å². The van der Waals surface area contributed by atoms with E-state index in [0.717, 1.165) is 0 Å². The molecule has 0 saturated heterocycles. The van der Waals surface area contributed by atoms with Crippen LogP contribution in [0.25, 0.3) is 22.2 Å². The molecule has 0 aliphatic carbocycles. The van der Waals surface area contributed by atoms with Gasteiger partial charge in [-0.25, -0.2) is 15.0 Å². The van der Waals surface area contributed by atoms with Gasteiger partial charge in [0.25, 0.3) is 0 Å². The van der Waals surface area contributed by atoms with E-state index in [0.29, 0.717) is 51.7 Å². The number of ether oxygens (including phenoxy) is 1. The van der Waals surface area contributed by atoms with Gasteiger partial charge in [-0.2, -0.15) is 31.3 Å². The van der Waals surface area contributed by atoms with Gasteiger partial charge in [-0.05, 0) is 54.7 Å². The molecule has 43 heavy (non-hydrogen) atoms. The van der Waals surface area contributed by atoms with Crippen LogP contribution in [0.15, 0.2) is 79.3 Å². The molecule has 0 radical (unpaired) electrons. The SMILES string of the molecule is CNc1ncnc(-c2cccnc2Oc2ccc(NC(=S)Nc3cc(C(F)(F)F)cc(C(F)(F)F)c3)c3ccccc23)n1. The lowest BCUT2D eigenvalue weighted by Gasteiger charge is -2.17. The molecule has 8 nitrogen and oxygen atoms in total. The van der Waals surface area contributed by atoms with Crippen molar-refractivity contribution in [1.82, 2.24) is 19.9 Å². The highest BCUT2D eigenvalue weighted by Crippen LogP contribution is 2.39. The molecular weight excluding hydrogens is 596 g/mol. The Labute approximate surface area is 245 Å². The Balaban J connectivity index is 1.43. The normalized spacial score (nSPS) is 11.7. The molecule has 2 heterocycles. The highest BCUT2D eigenvalue weighted by Gasteiger charge is 2.37. The first kappa shape index (κ1) is 29.4. The van der Waals surface area contributed by atoms with Gasteiger partial charge in [0, 0.05) is 35.4 Å². The predicted molar refractivity (Wildman–Crippen MR) is 153 cm³/mol. The number of benzene rings is 3. The highest BCUT2D eigenvalue weighted by molar-refractivity contribution is 7.80. The van der Waals surface area contributed by atoms with Crippen LogP contribution in [-0.2, 0) is 12.4 Å². The Kier molecular flexibility index (Phi) is 8.00. The Morgan fingerprint density at radius 1 is 0.791 bits per heavy atom. The van der Waals surface area contributed by atoms with Gasteiger partial charge in [0.05, 0.1) is 16.7 Å². The molecular formula is C28H19F6N7OS. The van der Waals surface area contributed by atoms with Crippen molar-refractivity contribution < 1.29 is 31.1 Å². The second-order valence-corrected chi connectivity index (χ2v) is 9.28. The molecule has 0 saturated carbocycles. The van der Waals surface area contributed by atoms with Crippen molar-refractivity contribution in [2.75, 3.05) is 23.0 Å². The van der Waals surface area contributed by atoms with Crippen molar-refractivity contribution in [3.8, 4) is 23.0 Å². The monoisotopic (exact) mass is 615 g/mol. The van der Waals surface area contributed by atoms with Crippen molar-refractivity contribution in [2.24, 2.45) is 0 Å². The van der Waals surface area contributed by atoms with Crippen molar-refractivity contribution >= 4 is 45.4 Å². The fourth-order valence-corrected chi connectivity index (χ4v) is 4.30. The smallest absolute Gasteiger partial charge is 0.416 e. The number of alkyl halides is 6. The van der Waals surface area contributed by atoms with Crippen LogP contribution in [-0.4, -0.2) is 32.1 Å². The molecule has 5 rings (SSSR count). The quantitative estimate of drug-likeness (QED) is 0.131. The zero-order valence-corrected chi connectivity index (χ0v) is 22.7. The molecule has 0 bridgehead atoms. The third-order valence-corrected chi connectivity index (χ3v) is 6.20. The largest absolute Gasteiger partial charge is 0.438 e. The number of anilines is 3. The summed E-state index contributed by atoms with van der Waals surface area (Å²) in [6.07, 6.45) is -7.10. The maximum Gasteiger partial charge on any atom is 0.416 e. The maximum atomic E-state index is 13.3. The first-order chi connectivity index (χ1) is 20.4. The Bertz CT molecular complexity index is 1780. The molecule has 220 valence electrons. The minimum Gasteiger partial charge on any atom is -0.438 e. The number of nitrogens with zero attached hydrogens (tertiary/aromatic N) is 4. The van der Waals surface area contributed by atoms with Crippen LogP contribution in [0.3, 0.4) is 0 Å². The van der Waals surface area contributed by atoms with Gasteiger partial charge >= 0.3 is 12.4 Å². The Hall–Kier alpha value is -5.05. The third-order valence-electron chi connectivity index (χ3n) is 5.99. The zero-order chi connectivity index (χ0) is 30.8. The summed E-state index contributed by atoms with van der Waals surface area (Å²) in [6, 6.07) is 14.8. The van der Waals surface area contributed by atoms with Crippen LogP contribution < -0.4 is 20.7 Å². The maximum absolute atomic E-state index is 13.3. The molecule has 15 heteroatoms. The van der Waals surface area contributed by atoms with Gasteiger partial charge < -0.3 is 20.7 Å². The topological polar surface area (TPSA) is 96.9 Å². The number of nitrogens with one attached hydrogen (secondary N) is 3. The molecule has 0 aliphatic rings. The number of aromatic nitrogens is 4. The lowest BCUT2D eigenvalue weighted by atomic mass is 10.1. The summed E-state index contributed by atoms with van der Waals surface area (Å²) in [5, 5.41) is 9.08. The summed E-state index contributed by atoms with van der Waals surface area (Å²) in [5.74, 6) is 1.29. The minimum absolute atomic E-state index is 0.0430. The minimum atomic E-state index is -5.00. The summed E-state index contributed by atoms with van der Waals surface area (Å²) in [7, 11) is 1.67. The van der Waals surface area contributed by atoms with Crippen LogP contribution in [0.4, 0.5) is 43.7 Å². The van der Waals surface area contributed by atoms with Gasteiger partial charge in [-0.15, -0.1) is 0 Å². The number of halogens is 6. The van der Waals surface area contributed by atoms with Crippen LogP contribution >= 0.6 is 12.2 Å². The second-order valence-electron chi connectivity index (χ2n) is 8.87. The molecule has 0 atom stereocenters. The Morgan fingerprint density at radius 3 is 2.16 bits per heavy atom. The lowest BCUT2D eigenvalue weighted by molar-refractivity contribution is -0.143. The van der Waals surface area contributed by atoms with Gasteiger partial charge in [-0.3, -0.25) is 0 Å². The summed E-state index contributed by atoms with van der Waals surface area (Å²) >= 11 is 5.23. The van der Waals surface area contributed by atoms with Gasteiger partial charge in [0.1, 0.15) is 12.1 Å². The first-order valence-corrected chi connectivity index (χ1v) is 12.7. The first-order valence-electron chi connectivity index (χ1n) is 12.3. The van der Waals surface area contributed by atoms with Crippen molar-refractivity contribution in [3.05, 3.63) is 90.4 Å². The summed E-state index contributed by atoms with van der Waals surface area (Å²) in [5.41, 5.74) is -2.50. The standard InChI is InChI=1S/C28H19F6N7OS/c1-35-25-38-14-37-23(41-25)20-7-4-10-36-24(20)42-22-9-8-21(18-5-2-3-6-19(18)22)40-26(43)39-17-12-15(27(29,30)31)11-16(13-17)28(32,33)34/h2-14H,1H3,(H2,39,40,43)(H,35,37,38,41). The molecule has 3 N–H and O–H groups in total. The van der Waals surface area contributed by atoms with Crippen molar-refractivity contribution in [2.45, 2.75) is 12.4 Å². The molecule has 5 aromatic rings. The van der Waals surface area contributed by atoms with E-state index in [9.17, 15) is 26.3 Å². The molecule has 0 unspecified atom stereocenters.